The molecule has 2 aromatic carbocycles. The zero-order valence-electron chi connectivity index (χ0n) is 32.7. The van der Waals surface area contributed by atoms with Gasteiger partial charge in [0.2, 0.25) is 5.91 Å². The van der Waals surface area contributed by atoms with Crippen LogP contribution in [-0.2, 0) is 48.1 Å². The molecule has 0 fully saturated rings. The predicted octanol–water partition coefficient (Wildman–Crippen LogP) is 8.09. The number of hydrogen-bond acceptors (Lipinski definition) is 6. The minimum atomic E-state index is -3.17. The maximum atomic E-state index is 14.9. The fraction of sp³-hybridized carbons (Fsp3) is 0.400. The van der Waals surface area contributed by atoms with Gasteiger partial charge in [0.25, 0.3) is 5.92 Å². The zero-order valence-corrected chi connectivity index (χ0v) is 34.3. The van der Waals surface area contributed by atoms with Gasteiger partial charge in [-0.2, -0.15) is 19.0 Å². The van der Waals surface area contributed by atoms with Crippen LogP contribution >= 0.6 is 11.6 Å². The molecule has 0 radical (unpaired) electrons. The van der Waals surface area contributed by atoms with Crippen molar-refractivity contribution in [3.63, 3.8) is 0 Å². The van der Waals surface area contributed by atoms with E-state index in [1.165, 1.54) is 24.8 Å². The van der Waals surface area contributed by atoms with E-state index in [9.17, 15) is 31.7 Å². The SMILES string of the molecule is CC.CC.Cc1nn(CC(=O)NC(Cc2cc(F)cc(F)c2)c2nc(C#CC(C)(C)O)ccc2-c2ccc(Cl)c3c(NS(C)=O)nn(C)c23)c2c1CCC2(F)F. The largest absolute Gasteiger partial charge is 0.378 e. The van der Waals surface area contributed by atoms with Gasteiger partial charge in [0, 0.05) is 42.5 Å². The summed E-state index contributed by atoms with van der Waals surface area (Å²) in [5.41, 5.74) is 1.14. The third-order valence-electron chi connectivity index (χ3n) is 8.50. The second kappa shape index (κ2) is 18.0. The number of aromatic nitrogens is 5. The molecule has 0 saturated carbocycles. The number of aliphatic hydroxyl groups is 1. The van der Waals surface area contributed by atoms with Gasteiger partial charge >= 0.3 is 0 Å². The predicted molar refractivity (Wildman–Crippen MR) is 213 cm³/mol. The molecule has 16 heteroatoms. The van der Waals surface area contributed by atoms with E-state index in [2.05, 4.69) is 32.1 Å². The molecule has 6 rings (SSSR count). The number of anilines is 1. The molecule has 1 aliphatic carbocycles. The molecule has 300 valence electrons. The van der Waals surface area contributed by atoms with Crippen LogP contribution in [0, 0.1) is 30.4 Å². The molecule has 0 aliphatic heterocycles. The fourth-order valence-corrected chi connectivity index (χ4v) is 7.11. The number of carbonyl (C=O) groups is 1. The summed E-state index contributed by atoms with van der Waals surface area (Å²) in [6.45, 7) is 12.0. The second-order valence-corrected chi connectivity index (χ2v) is 14.7. The van der Waals surface area contributed by atoms with E-state index in [-0.39, 0.29) is 41.3 Å². The molecule has 3 N–H and O–H groups in total. The molecule has 1 amide bonds. The monoisotopic (exact) mass is 815 g/mol. The summed E-state index contributed by atoms with van der Waals surface area (Å²) in [7, 11) is 0.171. The Morgan fingerprint density at radius 3 is 2.34 bits per heavy atom. The molecule has 1 aliphatic rings. The highest BCUT2D eigenvalue weighted by Crippen LogP contribution is 2.43. The quantitative estimate of drug-likeness (QED) is 0.102. The molecular formula is C40H46ClF4N7O3S. The van der Waals surface area contributed by atoms with Crippen LogP contribution < -0.4 is 10.0 Å². The van der Waals surface area contributed by atoms with Crippen molar-refractivity contribution in [1.29, 1.82) is 0 Å². The van der Waals surface area contributed by atoms with Gasteiger partial charge in [-0.05, 0) is 75.4 Å². The maximum absolute atomic E-state index is 14.9. The lowest BCUT2D eigenvalue weighted by molar-refractivity contribution is -0.122. The number of benzene rings is 2. The topological polar surface area (TPSA) is 127 Å². The zero-order chi connectivity index (χ0) is 41.7. The van der Waals surface area contributed by atoms with Crippen molar-refractivity contribution >= 4 is 45.2 Å². The molecular weight excluding hydrogens is 770 g/mol. The minimum absolute atomic E-state index is 0.129. The molecule has 2 unspecified atom stereocenters. The van der Waals surface area contributed by atoms with Crippen molar-refractivity contribution in [3.05, 3.63) is 93.0 Å². The van der Waals surface area contributed by atoms with Gasteiger partial charge < -0.3 is 10.4 Å². The number of pyridine rings is 1. The number of nitrogens with one attached hydrogen (secondary N) is 2. The van der Waals surface area contributed by atoms with Crippen LogP contribution in [0.5, 0.6) is 0 Å². The summed E-state index contributed by atoms with van der Waals surface area (Å²) in [5.74, 6) is 0.232. The van der Waals surface area contributed by atoms with Gasteiger partial charge in [-0.15, -0.1) is 0 Å². The number of nitrogens with zero attached hydrogens (tertiary/aromatic N) is 5. The summed E-state index contributed by atoms with van der Waals surface area (Å²) in [6, 6.07) is 8.46. The third-order valence-corrected chi connectivity index (χ3v) is 9.29. The van der Waals surface area contributed by atoms with Crippen molar-refractivity contribution in [1.82, 2.24) is 29.9 Å². The smallest absolute Gasteiger partial charge is 0.290 e. The molecule has 2 atom stereocenters. The van der Waals surface area contributed by atoms with Crippen molar-refractivity contribution in [2.45, 2.75) is 91.8 Å². The first kappa shape index (κ1) is 43.9. The molecule has 56 heavy (non-hydrogen) atoms. The highest BCUT2D eigenvalue weighted by Gasteiger charge is 2.44. The fourth-order valence-electron chi connectivity index (χ4n) is 6.46. The van der Waals surface area contributed by atoms with Crippen LogP contribution in [0.25, 0.3) is 22.0 Å². The van der Waals surface area contributed by atoms with Gasteiger partial charge in [0.1, 0.15) is 46.2 Å². The van der Waals surface area contributed by atoms with Crippen molar-refractivity contribution in [3.8, 4) is 23.0 Å². The summed E-state index contributed by atoms with van der Waals surface area (Å²) < 4.78 is 76.2. The van der Waals surface area contributed by atoms with Crippen LogP contribution in [-0.4, -0.2) is 51.6 Å². The number of fused-ring (bicyclic) bond motifs is 2. The van der Waals surface area contributed by atoms with Crippen molar-refractivity contribution < 1.29 is 31.7 Å². The number of alkyl halides is 2. The van der Waals surface area contributed by atoms with Crippen LogP contribution in [0.2, 0.25) is 5.02 Å². The van der Waals surface area contributed by atoms with Gasteiger partial charge in [-0.1, -0.05) is 51.3 Å². The third kappa shape index (κ3) is 9.96. The lowest BCUT2D eigenvalue weighted by Gasteiger charge is -2.23. The second-order valence-electron chi connectivity index (χ2n) is 13.2. The summed E-state index contributed by atoms with van der Waals surface area (Å²) in [6.07, 6.45) is 0.997. The molecule has 10 nitrogen and oxygen atoms in total. The van der Waals surface area contributed by atoms with E-state index < -0.39 is 59.1 Å². The van der Waals surface area contributed by atoms with Gasteiger partial charge in [-0.3, -0.25) is 18.9 Å². The van der Waals surface area contributed by atoms with E-state index in [1.807, 2.05) is 27.7 Å². The highest BCUT2D eigenvalue weighted by molar-refractivity contribution is 7.85. The molecule has 0 spiro atoms. The normalized spacial score (nSPS) is 14.0. The average molecular weight is 816 g/mol. The van der Waals surface area contributed by atoms with E-state index in [1.54, 1.807) is 38.2 Å². The van der Waals surface area contributed by atoms with Crippen molar-refractivity contribution in [2.75, 3.05) is 11.0 Å². The number of aryl methyl sites for hydroxylation is 2. The first-order valence-electron chi connectivity index (χ1n) is 18.1. The average Bonchev–Trinajstić information content (AvgIpc) is 3.74. The van der Waals surface area contributed by atoms with E-state index in [0.29, 0.717) is 38.3 Å². The highest BCUT2D eigenvalue weighted by atomic mass is 35.5. The number of hydrogen-bond donors (Lipinski definition) is 3. The molecule has 5 aromatic rings. The Labute approximate surface area is 331 Å². The van der Waals surface area contributed by atoms with Gasteiger partial charge in [0.05, 0.1) is 33.4 Å². The minimum Gasteiger partial charge on any atom is -0.378 e. The Morgan fingerprint density at radius 2 is 1.71 bits per heavy atom. The summed E-state index contributed by atoms with van der Waals surface area (Å²) in [4.78, 5) is 18.6. The number of halogens is 5. The van der Waals surface area contributed by atoms with Gasteiger partial charge in [0.15, 0.2) is 5.82 Å². The lowest BCUT2D eigenvalue weighted by atomic mass is 9.93. The Morgan fingerprint density at radius 1 is 1.07 bits per heavy atom. The van der Waals surface area contributed by atoms with E-state index in [0.717, 1.165) is 22.9 Å². The summed E-state index contributed by atoms with van der Waals surface area (Å²) >= 11 is 6.64. The molecule has 0 bridgehead atoms. The first-order chi connectivity index (χ1) is 26.4. The Bertz CT molecular complexity index is 2310. The molecule has 0 saturated heterocycles. The lowest BCUT2D eigenvalue weighted by Crippen LogP contribution is -2.35. The number of amides is 1. The Kier molecular flexibility index (Phi) is 14.1. The van der Waals surface area contributed by atoms with Crippen molar-refractivity contribution in [2.24, 2.45) is 7.05 Å². The van der Waals surface area contributed by atoms with Crippen LogP contribution in [0.15, 0.2) is 42.5 Å². The van der Waals surface area contributed by atoms with Gasteiger partial charge in [-0.25, -0.2) is 18.0 Å². The molecule has 3 aromatic heterocycles. The van der Waals surface area contributed by atoms with Crippen LogP contribution in [0.3, 0.4) is 0 Å². The summed E-state index contributed by atoms with van der Waals surface area (Å²) in [5, 5.41) is 22.6. The first-order valence-corrected chi connectivity index (χ1v) is 20.0. The van der Waals surface area contributed by atoms with E-state index >= 15 is 0 Å². The Hall–Kier alpha value is -4.78. The van der Waals surface area contributed by atoms with Crippen LogP contribution in [0.4, 0.5) is 23.4 Å². The maximum Gasteiger partial charge on any atom is 0.290 e. The van der Waals surface area contributed by atoms with E-state index in [4.69, 9.17) is 16.6 Å². The molecule has 3 heterocycles. The number of rotatable bonds is 9. The van der Waals surface area contributed by atoms with Crippen LogP contribution in [0.1, 0.15) is 87.9 Å². The number of carbonyl (C=O) groups excluding carboxylic acids is 1. The standard InChI is InChI=1S/C36H34ClF4N7O3S.2C2H6/c1-19-24-11-13-36(40,41)33(24)48(44-19)18-29(49)43-28(16-20-14-21(38)17-22(39)15-20)31-25(7-6-23(42-31)10-12-35(2,3)50)26-8-9-27(37)30-32(26)47(4)45-34(30)46-52(5)51;2*1-2/h6-9,14-15,17,28,50H,11,13,16,18H2,1-5H3,(H,43,49)(H,45,46);2*1-2H3. The Balaban J connectivity index is 0.00000169.